The summed E-state index contributed by atoms with van der Waals surface area (Å²) in [6.07, 6.45) is 3.78. The third-order valence-corrected chi connectivity index (χ3v) is 5.18. The molecule has 1 aliphatic rings. The average molecular weight is 366 g/mol. The van der Waals surface area contributed by atoms with Crippen LogP contribution in [0.3, 0.4) is 0 Å². The number of carbonyl (C=O) groups excluding carboxylic acids is 1. The first-order chi connectivity index (χ1) is 13.1. The Bertz CT molecular complexity index is 943. The summed E-state index contributed by atoms with van der Waals surface area (Å²) in [5, 5.41) is 4.26. The van der Waals surface area contributed by atoms with Gasteiger partial charge < -0.3 is 14.6 Å². The van der Waals surface area contributed by atoms with Crippen molar-refractivity contribution in [3.05, 3.63) is 71.7 Å². The Labute approximate surface area is 157 Å². The molecule has 1 saturated heterocycles. The predicted octanol–water partition coefficient (Wildman–Crippen LogP) is 4.13. The Morgan fingerprint density at radius 3 is 2.78 bits per heavy atom. The fourth-order valence-electron chi connectivity index (χ4n) is 3.86. The third-order valence-electron chi connectivity index (χ3n) is 5.18. The smallest absolute Gasteiger partial charge is 0.240 e. The molecule has 0 spiro atoms. The van der Waals surface area contributed by atoms with E-state index in [1.807, 2.05) is 35.9 Å². The summed E-state index contributed by atoms with van der Waals surface area (Å²) in [5.41, 5.74) is 3.05. The summed E-state index contributed by atoms with van der Waals surface area (Å²) in [4.78, 5) is 12.8. The number of nitrogens with one attached hydrogen (secondary N) is 1. The number of ether oxygens (including phenoxy) is 1. The molecule has 4 rings (SSSR count). The number of benzene rings is 2. The van der Waals surface area contributed by atoms with E-state index in [2.05, 4.69) is 11.4 Å². The van der Waals surface area contributed by atoms with Crippen molar-refractivity contribution in [2.45, 2.75) is 38.5 Å². The van der Waals surface area contributed by atoms with Crippen LogP contribution in [0.25, 0.3) is 10.9 Å². The molecular formula is C22H23FN2O2. The monoisotopic (exact) mass is 366 g/mol. The molecule has 1 aromatic heterocycles. The van der Waals surface area contributed by atoms with Gasteiger partial charge in [-0.15, -0.1) is 0 Å². The van der Waals surface area contributed by atoms with E-state index in [4.69, 9.17) is 4.74 Å². The van der Waals surface area contributed by atoms with Gasteiger partial charge in [0.25, 0.3) is 0 Å². The molecule has 0 unspecified atom stereocenters. The number of hydrogen-bond acceptors (Lipinski definition) is 2. The van der Waals surface area contributed by atoms with Crippen LogP contribution in [0.5, 0.6) is 0 Å². The van der Waals surface area contributed by atoms with E-state index < -0.39 is 0 Å². The highest BCUT2D eigenvalue weighted by atomic mass is 19.1. The predicted molar refractivity (Wildman–Crippen MR) is 103 cm³/mol. The molecule has 1 aliphatic heterocycles. The van der Waals surface area contributed by atoms with Crippen molar-refractivity contribution >= 4 is 16.8 Å². The fraction of sp³-hybridized carbons (Fsp3) is 0.318. The van der Waals surface area contributed by atoms with Crippen LogP contribution in [-0.4, -0.2) is 23.2 Å². The van der Waals surface area contributed by atoms with Crippen molar-refractivity contribution in [1.82, 2.24) is 9.88 Å². The lowest BCUT2D eigenvalue weighted by molar-refractivity contribution is -0.123. The minimum absolute atomic E-state index is 0.0810. The summed E-state index contributed by atoms with van der Waals surface area (Å²) in [6, 6.07) is 14.1. The van der Waals surface area contributed by atoms with E-state index in [-0.39, 0.29) is 30.4 Å². The molecule has 5 heteroatoms. The highest BCUT2D eigenvalue weighted by Gasteiger charge is 2.29. The van der Waals surface area contributed by atoms with Crippen molar-refractivity contribution in [3.63, 3.8) is 0 Å². The first-order valence-electron chi connectivity index (χ1n) is 9.33. The number of carbonyl (C=O) groups is 1. The summed E-state index contributed by atoms with van der Waals surface area (Å²) in [5.74, 6) is -0.369. The number of hydrogen-bond donors (Lipinski definition) is 1. The summed E-state index contributed by atoms with van der Waals surface area (Å²) in [6.45, 7) is 2.98. The highest BCUT2D eigenvalue weighted by molar-refractivity contribution is 5.86. The molecule has 1 N–H and O–H groups in total. The van der Waals surface area contributed by atoms with Crippen molar-refractivity contribution in [2.75, 3.05) is 6.61 Å². The standard InChI is InChI=1S/C22H23FN2O2/c1-15-13-25(19-6-3-2-5-18(15)19)14-21(26)24-22(20-7-4-12-27-20)16-8-10-17(23)11-9-16/h2-3,5-6,8-11,13,20,22H,4,7,12,14H2,1H3,(H,24,26)/t20-,22+/m1/s1. The SMILES string of the molecule is Cc1cn(CC(=O)N[C@@H](c2ccc(F)cc2)[C@H]2CCCO2)c2ccccc12. The van der Waals surface area contributed by atoms with Crippen LogP contribution in [0, 0.1) is 12.7 Å². The van der Waals surface area contributed by atoms with E-state index in [9.17, 15) is 9.18 Å². The fourth-order valence-corrected chi connectivity index (χ4v) is 3.86. The third kappa shape index (κ3) is 3.74. The zero-order valence-corrected chi connectivity index (χ0v) is 15.3. The highest BCUT2D eigenvalue weighted by Crippen LogP contribution is 2.27. The number of nitrogens with zero attached hydrogens (tertiary/aromatic N) is 1. The molecular weight excluding hydrogens is 343 g/mol. The van der Waals surface area contributed by atoms with Crippen LogP contribution < -0.4 is 5.32 Å². The zero-order valence-electron chi connectivity index (χ0n) is 15.3. The topological polar surface area (TPSA) is 43.3 Å². The summed E-state index contributed by atoms with van der Waals surface area (Å²) >= 11 is 0. The minimum Gasteiger partial charge on any atom is -0.376 e. The van der Waals surface area contributed by atoms with Crippen LogP contribution in [0.4, 0.5) is 4.39 Å². The summed E-state index contributed by atoms with van der Waals surface area (Å²) < 4.78 is 21.1. The van der Waals surface area contributed by atoms with Gasteiger partial charge in [0.1, 0.15) is 12.4 Å². The molecule has 2 aromatic carbocycles. The quantitative estimate of drug-likeness (QED) is 0.738. The Hall–Kier alpha value is -2.66. The molecule has 0 aliphatic carbocycles. The molecule has 0 saturated carbocycles. The lowest BCUT2D eigenvalue weighted by atomic mass is 9.99. The van der Waals surface area contributed by atoms with Crippen molar-refractivity contribution in [2.24, 2.45) is 0 Å². The molecule has 140 valence electrons. The van der Waals surface area contributed by atoms with Gasteiger partial charge in [0, 0.05) is 23.7 Å². The second kappa shape index (κ2) is 7.53. The van der Waals surface area contributed by atoms with E-state index >= 15 is 0 Å². The van der Waals surface area contributed by atoms with Crippen LogP contribution in [0.2, 0.25) is 0 Å². The molecule has 2 heterocycles. The molecule has 1 fully saturated rings. The number of halogens is 1. The molecule has 3 aromatic rings. The van der Waals surface area contributed by atoms with Gasteiger partial charge in [-0.3, -0.25) is 4.79 Å². The Balaban J connectivity index is 1.55. The van der Waals surface area contributed by atoms with Crippen LogP contribution in [0.1, 0.15) is 30.0 Å². The first-order valence-corrected chi connectivity index (χ1v) is 9.33. The van der Waals surface area contributed by atoms with Gasteiger partial charge in [0.05, 0.1) is 12.1 Å². The van der Waals surface area contributed by atoms with Gasteiger partial charge in [-0.1, -0.05) is 30.3 Å². The van der Waals surface area contributed by atoms with Crippen molar-refractivity contribution in [3.8, 4) is 0 Å². The van der Waals surface area contributed by atoms with Gasteiger partial charge in [-0.25, -0.2) is 4.39 Å². The second-order valence-electron chi connectivity index (χ2n) is 7.11. The van der Waals surface area contributed by atoms with Crippen LogP contribution >= 0.6 is 0 Å². The molecule has 4 nitrogen and oxygen atoms in total. The maximum absolute atomic E-state index is 13.3. The average Bonchev–Trinajstić information content (AvgIpc) is 3.30. The van der Waals surface area contributed by atoms with Crippen molar-refractivity contribution < 1.29 is 13.9 Å². The minimum atomic E-state index is -0.287. The molecule has 27 heavy (non-hydrogen) atoms. The lowest BCUT2D eigenvalue weighted by Gasteiger charge is -2.25. The maximum atomic E-state index is 13.3. The number of para-hydroxylation sites is 1. The number of amides is 1. The Morgan fingerprint density at radius 2 is 2.04 bits per heavy atom. The van der Waals surface area contributed by atoms with E-state index in [0.717, 1.165) is 34.9 Å². The maximum Gasteiger partial charge on any atom is 0.240 e. The number of fused-ring (bicyclic) bond motifs is 1. The van der Waals surface area contributed by atoms with Gasteiger partial charge in [0.15, 0.2) is 0 Å². The summed E-state index contributed by atoms with van der Waals surface area (Å²) in [7, 11) is 0. The van der Waals surface area contributed by atoms with E-state index in [1.165, 1.54) is 12.1 Å². The first kappa shape index (κ1) is 17.7. The normalized spacial score (nSPS) is 17.9. The molecule has 1 amide bonds. The molecule has 0 radical (unpaired) electrons. The van der Waals surface area contributed by atoms with Gasteiger partial charge in [0.2, 0.25) is 5.91 Å². The largest absolute Gasteiger partial charge is 0.376 e. The Morgan fingerprint density at radius 1 is 1.26 bits per heavy atom. The molecule has 0 bridgehead atoms. The van der Waals surface area contributed by atoms with Crippen LogP contribution in [0.15, 0.2) is 54.7 Å². The van der Waals surface area contributed by atoms with E-state index in [0.29, 0.717) is 6.61 Å². The van der Waals surface area contributed by atoms with Gasteiger partial charge in [-0.2, -0.15) is 0 Å². The molecule has 2 atom stereocenters. The van der Waals surface area contributed by atoms with Gasteiger partial charge >= 0.3 is 0 Å². The number of aryl methyl sites for hydroxylation is 1. The zero-order chi connectivity index (χ0) is 18.8. The second-order valence-corrected chi connectivity index (χ2v) is 7.11. The van der Waals surface area contributed by atoms with Crippen LogP contribution in [-0.2, 0) is 16.1 Å². The van der Waals surface area contributed by atoms with Crippen molar-refractivity contribution in [1.29, 1.82) is 0 Å². The Kier molecular flexibility index (Phi) is 4.94. The number of rotatable bonds is 5. The van der Waals surface area contributed by atoms with Gasteiger partial charge in [-0.05, 0) is 49.1 Å². The lowest BCUT2D eigenvalue weighted by Crippen LogP contribution is -2.37. The number of aromatic nitrogens is 1. The van der Waals surface area contributed by atoms with E-state index in [1.54, 1.807) is 12.1 Å².